The summed E-state index contributed by atoms with van der Waals surface area (Å²) in [6.07, 6.45) is -0.107. The minimum Gasteiger partial charge on any atom is -0.469 e. The van der Waals surface area contributed by atoms with Crippen molar-refractivity contribution in [3.05, 3.63) is 33.8 Å². The summed E-state index contributed by atoms with van der Waals surface area (Å²) in [6.45, 7) is 5.67. The Bertz CT molecular complexity index is 687. The molecule has 0 spiro atoms. The van der Waals surface area contributed by atoms with Crippen LogP contribution in [-0.4, -0.2) is 43.6 Å². The molecule has 1 aromatic rings. The van der Waals surface area contributed by atoms with Crippen molar-refractivity contribution >= 4 is 41.0 Å². The fourth-order valence-electron chi connectivity index (χ4n) is 1.88. The summed E-state index contributed by atoms with van der Waals surface area (Å²) in [4.78, 5) is 28.2. The summed E-state index contributed by atoms with van der Waals surface area (Å²) < 4.78 is 9.76. The number of esters is 1. The molecular formula is C18H24Cl2N2O5. The van der Waals surface area contributed by atoms with Crippen LogP contribution < -0.4 is 5.32 Å². The van der Waals surface area contributed by atoms with Gasteiger partial charge in [-0.1, -0.05) is 34.4 Å². The molecule has 0 aliphatic heterocycles. The van der Waals surface area contributed by atoms with Crippen LogP contribution in [-0.2, 0) is 19.1 Å². The van der Waals surface area contributed by atoms with Gasteiger partial charge in [0.25, 0.3) is 0 Å². The monoisotopic (exact) mass is 418 g/mol. The van der Waals surface area contributed by atoms with Gasteiger partial charge in [0.05, 0.1) is 35.8 Å². The van der Waals surface area contributed by atoms with Crippen LogP contribution in [0.5, 0.6) is 0 Å². The molecule has 9 heteroatoms. The van der Waals surface area contributed by atoms with Crippen molar-refractivity contribution in [2.24, 2.45) is 5.16 Å². The van der Waals surface area contributed by atoms with Crippen LogP contribution in [0.4, 0.5) is 4.79 Å². The Morgan fingerprint density at radius 3 is 2.44 bits per heavy atom. The van der Waals surface area contributed by atoms with E-state index in [9.17, 15) is 9.59 Å². The third-order valence-electron chi connectivity index (χ3n) is 3.08. The second-order valence-corrected chi connectivity index (χ2v) is 7.32. The molecule has 7 nitrogen and oxygen atoms in total. The zero-order valence-corrected chi connectivity index (χ0v) is 17.3. The summed E-state index contributed by atoms with van der Waals surface area (Å²) in [5, 5.41) is 7.40. The summed E-state index contributed by atoms with van der Waals surface area (Å²) in [6, 6.07) is 5.01. The Balaban J connectivity index is 2.65. The van der Waals surface area contributed by atoms with E-state index in [1.807, 2.05) is 0 Å². The van der Waals surface area contributed by atoms with E-state index in [-0.39, 0.29) is 25.5 Å². The number of methoxy groups -OCH3 is 1. The lowest BCUT2D eigenvalue weighted by molar-refractivity contribution is -0.140. The number of amides is 1. The lowest BCUT2D eigenvalue weighted by Gasteiger charge is -2.19. The van der Waals surface area contributed by atoms with Gasteiger partial charge in [-0.25, -0.2) is 4.79 Å². The Morgan fingerprint density at radius 2 is 1.85 bits per heavy atom. The average molecular weight is 419 g/mol. The molecule has 0 radical (unpaired) electrons. The van der Waals surface area contributed by atoms with Crippen LogP contribution in [0.2, 0.25) is 10.0 Å². The van der Waals surface area contributed by atoms with Gasteiger partial charge in [0.2, 0.25) is 0 Å². The Morgan fingerprint density at radius 1 is 1.15 bits per heavy atom. The van der Waals surface area contributed by atoms with Gasteiger partial charge in [-0.2, -0.15) is 0 Å². The van der Waals surface area contributed by atoms with E-state index < -0.39 is 11.7 Å². The fraction of sp³-hybridized carbons (Fsp3) is 0.500. The van der Waals surface area contributed by atoms with Gasteiger partial charge >= 0.3 is 12.1 Å². The SMILES string of the molecule is COC(=O)CC/C(=N\OCCNC(=O)OC(C)(C)C)c1ccc(Cl)c(Cl)c1. The smallest absolute Gasteiger partial charge is 0.407 e. The molecule has 0 bridgehead atoms. The molecule has 0 atom stereocenters. The predicted molar refractivity (Wildman–Crippen MR) is 104 cm³/mol. The van der Waals surface area contributed by atoms with Crippen molar-refractivity contribution in [1.29, 1.82) is 0 Å². The lowest BCUT2D eigenvalue weighted by Crippen LogP contribution is -2.34. The van der Waals surface area contributed by atoms with E-state index in [1.165, 1.54) is 7.11 Å². The molecule has 0 aliphatic rings. The number of ether oxygens (including phenoxy) is 2. The molecule has 1 rings (SSSR count). The minimum absolute atomic E-state index is 0.127. The number of carbonyl (C=O) groups is 2. The molecular weight excluding hydrogens is 395 g/mol. The summed E-state index contributed by atoms with van der Waals surface area (Å²) in [5.74, 6) is -0.366. The van der Waals surface area contributed by atoms with Crippen molar-refractivity contribution in [1.82, 2.24) is 5.32 Å². The van der Waals surface area contributed by atoms with E-state index in [2.05, 4.69) is 15.2 Å². The maximum Gasteiger partial charge on any atom is 0.407 e. The van der Waals surface area contributed by atoms with E-state index in [0.29, 0.717) is 27.7 Å². The van der Waals surface area contributed by atoms with Crippen LogP contribution >= 0.6 is 23.2 Å². The van der Waals surface area contributed by atoms with Crippen LogP contribution in [0.3, 0.4) is 0 Å². The normalized spacial score (nSPS) is 11.7. The van der Waals surface area contributed by atoms with Crippen LogP contribution in [0.1, 0.15) is 39.2 Å². The summed E-state index contributed by atoms with van der Waals surface area (Å²) >= 11 is 12.0. The van der Waals surface area contributed by atoms with E-state index in [4.69, 9.17) is 32.8 Å². The standard InChI is InChI=1S/C18H24Cl2N2O5/c1-18(2,3)27-17(24)21-9-10-26-22-15(7-8-16(23)25-4)12-5-6-13(19)14(20)11-12/h5-6,11H,7-10H2,1-4H3,(H,21,24)/b22-15+. The zero-order chi connectivity index (χ0) is 20.4. The summed E-state index contributed by atoms with van der Waals surface area (Å²) in [5.41, 5.74) is 0.613. The molecule has 150 valence electrons. The number of nitrogens with zero attached hydrogens (tertiary/aromatic N) is 1. The van der Waals surface area contributed by atoms with Crippen molar-refractivity contribution in [2.75, 3.05) is 20.3 Å². The molecule has 0 unspecified atom stereocenters. The number of benzene rings is 1. The maximum absolute atomic E-state index is 11.6. The first-order chi connectivity index (χ1) is 12.6. The predicted octanol–water partition coefficient (Wildman–Crippen LogP) is 4.19. The van der Waals surface area contributed by atoms with Gasteiger partial charge in [0.1, 0.15) is 12.2 Å². The van der Waals surface area contributed by atoms with Crippen LogP contribution in [0.25, 0.3) is 0 Å². The molecule has 0 saturated heterocycles. The number of nitrogens with one attached hydrogen (secondary N) is 1. The number of hydrogen-bond acceptors (Lipinski definition) is 6. The molecule has 0 heterocycles. The third kappa shape index (κ3) is 9.49. The number of hydrogen-bond donors (Lipinski definition) is 1. The average Bonchev–Trinajstić information content (AvgIpc) is 2.57. The van der Waals surface area contributed by atoms with Crippen LogP contribution in [0.15, 0.2) is 23.4 Å². The molecule has 0 aliphatic carbocycles. The summed E-state index contributed by atoms with van der Waals surface area (Å²) in [7, 11) is 1.32. The highest BCUT2D eigenvalue weighted by Gasteiger charge is 2.15. The van der Waals surface area contributed by atoms with Gasteiger partial charge < -0.3 is 19.6 Å². The van der Waals surface area contributed by atoms with Crippen LogP contribution in [0, 0.1) is 0 Å². The van der Waals surface area contributed by atoms with Crippen molar-refractivity contribution in [3.8, 4) is 0 Å². The van der Waals surface area contributed by atoms with E-state index in [1.54, 1.807) is 39.0 Å². The van der Waals surface area contributed by atoms with Gasteiger partial charge in [0, 0.05) is 12.0 Å². The number of alkyl carbamates (subject to hydrolysis) is 1. The second-order valence-electron chi connectivity index (χ2n) is 6.50. The van der Waals surface area contributed by atoms with Crippen molar-refractivity contribution < 1.29 is 23.9 Å². The quantitative estimate of drug-likeness (QED) is 0.296. The highest BCUT2D eigenvalue weighted by molar-refractivity contribution is 6.42. The second kappa shape index (κ2) is 11.0. The van der Waals surface area contributed by atoms with E-state index in [0.717, 1.165) is 0 Å². The van der Waals surface area contributed by atoms with Gasteiger partial charge in [-0.3, -0.25) is 4.79 Å². The zero-order valence-electron chi connectivity index (χ0n) is 15.8. The highest BCUT2D eigenvalue weighted by Crippen LogP contribution is 2.23. The first-order valence-corrected chi connectivity index (χ1v) is 9.06. The largest absolute Gasteiger partial charge is 0.469 e. The maximum atomic E-state index is 11.6. The Kier molecular flexibility index (Phi) is 9.38. The van der Waals surface area contributed by atoms with Crippen molar-refractivity contribution in [2.45, 2.75) is 39.2 Å². The molecule has 27 heavy (non-hydrogen) atoms. The number of halogens is 2. The number of rotatable bonds is 8. The Hall–Kier alpha value is -1.99. The first kappa shape index (κ1) is 23.0. The number of oxime groups is 1. The van der Waals surface area contributed by atoms with Gasteiger partial charge in [-0.05, 0) is 32.9 Å². The fourth-order valence-corrected chi connectivity index (χ4v) is 2.18. The molecule has 1 amide bonds. The molecule has 0 aromatic heterocycles. The third-order valence-corrected chi connectivity index (χ3v) is 3.82. The first-order valence-electron chi connectivity index (χ1n) is 8.30. The molecule has 0 fully saturated rings. The van der Waals surface area contributed by atoms with Gasteiger partial charge in [-0.15, -0.1) is 0 Å². The number of carbonyl (C=O) groups excluding carboxylic acids is 2. The highest BCUT2D eigenvalue weighted by atomic mass is 35.5. The topological polar surface area (TPSA) is 86.2 Å². The van der Waals surface area contributed by atoms with Gasteiger partial charge in [0.15, 0.2) is 0 Å². The van der Waals surface area contributed by atoms with Crippen molar-refractivity contribution in [3.63, 3.8) is 0 Å². The Labute approximate surface area is 168 Å². The minimum atomic E-state index is -0.571. The lowest BCUT2D eigenvalue weighted by atomic mass is 10.1. The van der Waals surface area contributed by atoms with E-state index >= 15 is 0 Å². The molecule has 1 N–H and O–H groups in total. The molecule has 0 saturated carbocycles. The molecule has 1 aromatic carbocycles.